The molecular weight excluding hydrogens is 536 g/mol. The molecule has 1 unspecified atom stereocenters. The fraction of sp³-hybridized carbons (Fsp3) is 0.375. The summed E-state index contributed by atoms with van der Waals surface area (Å²) in [5, 5.41) is 5.19. The Kier molecular flexibility index (Phi) is 9.70. The van der Waals surface area contributed by atoms with Gasteiger partial charge in [-0.05, 0) is 69.0 Å². The van der Waals surface area contributed by atoms with Crippen LogP contribution in [0.4, 0.5) is 4.79 Å². The first kappa shape index (κ1) is 30.1. The van der Waals surface area contributed by atoms with Gasteiger partial charge in [0.15, 0.2) is 5.16 Å². The van der Waals surface area contributed by atoms with Crippen molar-refractivity contribution in [1.82, 2.24) is 19.8 Å². The number of alkyl carbamates (subject to hydrolysis) is 1. The lowest BCUT2D eigenvalue weighted by Gasteiger charge is -2.24. The molecule has 2 heterocycles. The van der Waals surface area contributed by atoms with Gasteiger partial charge >= 0.3 is 6.09 Å². The Morgan fingerprint density at radius 1 is 1.00 bits per heavy atom. The largest absolute Gasteiger partial charge is 0.444 e. The maximum absolute atomic E-state index is 13.5. The number of amides is 2. The monoisotopic (exact) mass is 574 g/mol. The molecule has 4 aromatic rings. The molecule has 0 bridgehead atoms. The van der Waals surface area contributed by atoms with Crippen molar-refractivity contribution in [3.05, 3.63) is 82.6 Å². The molecule has 216 valence electrons. The number of aromatic nitrogens is 2. The number of carbonyl (C=O) groups excluding carboxylic acids is 2. The summed E-state index contributed by atoms with van der Waals surface area (Å²) in [6.45, 7) is 9.49. The highest BCUT2D eigenvalue weighted by Crippen LogP contribution is 2.37. The summed E-state index contributed by atoms with van der Waals surface area (Å²) in [6.07, 6.45) is 1.69. The molecule has 1 saturated heterocycles. The molecule has 1 aliphatic heterocycles. The summed E-state index contributed by atoms with van der Waals surface area (Å²) < 4.78 is 6.53. The van der Waals surface area contributed by atoms with Crippen LogP contribution in [0.25, 0.3) is 21.7 Å². The van der Waals surface area contributed by atoms with Gasteiger partial charge in [-0.25, -0.2) is 9.78 Å². The molecule has 1 fully saturated rings. The summed E-state index contributed by atoms with van der Waals surface area (Å²) in [5.74, 6) is 0.0919. The molecule has 41 heavy (non-hydrogen) atoms. The van der Waals surface area contributed by atoms with Crippen LogP contribution in [0.15, 0.2) is 76.7 Å². The van der Waals surface area contributed by atoms with Crippen molar-refractivity contribution >= 4 is 45.4 Å². The van der Waals surface area contributed by atoms with Gasteiger partial charge in [-0.15, -0.1) is 0 Å². The topological polar surface area (TPSA) is 93.5 Å². The van der Waals surface area contributed by atoms with Crippen LogP contribution in [-0.4, -0.2) is 52.2 Å². The second-order valence-electron chi connectivity index (χ2n) is 10.9. The third-order valence-electron chi connectivity index (χ3n) is 6.67. The van der Waals surface area contributed by atoms with Crippen molar-refractivity contribution < 1.29 is 14.3 Å². The van der Waals surface area contributed by atoms with Crippen LogP contribution >= 0.6 is 11.8 Å². The number of hydrogen-bond donors (Lipinski definition) is 1. The Balaban J connectivity index is 0.000000374. The van der Waals surface area contributed by atoms with E-state index >= 15 is 0 Å². The third-order valence-corrected chi connectivity index (χ3v) is 7.91. The average molecular weight is 575 g/mol. The van der Waals surface area contributed by atoms with E-state index in [0.717, 1.165) is 42.3 Å². The standard InChI is InChI=1S/C26H25N3O2S.C6H13NO2/c1-2-29-24(30)21-16-19-12-6-7-13-20(19)17-22(21)27-26(29)32-23(18-10-4-3-5-11-18)25(31)28-14-8-9-15-28;1-6(2,3)9-5(8)7-4/h3-7,10-13,16-17,23H,2,8-9,14-15H2,1H3;1-4H3,(H,7,8). The summed E-state index contributed by atoms with van der Waals surface area (Å²) >= 11 is 1.38. The van der Waals surface area contributed by atoms with Crippen molar-refractivity contribution in [2.75, 3.05) is 20.1 Å². The van der Waals surface area contributed by atoms with Gasteiger partial charge in [0.2, 0.25) is 5.91 Å². The molecule has 0 aliphatic carbocycles. The minimum absolute atomic E-state index is 0.0637. The Hall–Kier alpha value is -3.85. The van der Waals surface area contributed by atoms with Crippen LogP contribution in [0.1, 0.15) is 51.3 Å². The zero-order chi connectivity index (χ0) is 29.6. The fourth-order valence-corrected chi connectivity index (χ4v) is 5.93. The molecule has 8 nitrogen and oxygen atoms in total. The van der Waals surface area contributed by atoms with Gasteiger partial charge in [-0.2, -0.15) is 0 Å². The molecule has 5 rings (SSSR count). The van der Waals surface area contributed by atoms with Crippen molar-refractivity contribution in [2.24, 2.45) is 0 Å². The molecule has 3 aromatic carbocycles. The van der Waals surface area contributed by atoms with Crippen LogP contribution in [0.5, 0.6) is 0 Å². The third kappa shape index (κ3) is 7.47. The predicted molar refractivity (Wildman–Crippen MR) is 165 cm³/mol. The highest BCUT2D eigenvalue weighted by molar-refractivity contribution is 8.00. The number of nitrogens with one attached hydrogen (secondary N) is 1. The normalized spacial score (nSPS) is 13.9. The predicted octanol–water partition coefficient (Wildman–Crippen LogP) is 6.17. The number of benzene rings is 3. The second kappa shape index (κ2) is 13.2. The quantitative estimate of drug-likeness (QED) is 0.174. The number of ether oxygens (including phenoxy) is 1. The van der Waals surface area contributed by atoms with Crippen molar-refractivity contribution in [2.45, 2.75) is 63.1 Å². The minimum atomic E-state index is -0.433. The van der Waals surface area contributed by atoms with Crippen LogP contribution in [0.2, 0.25) is 0 Å². The van der Waals surface area contributed by atoms with Crippen molar-refractivity contribution in [1.29, 1.82) is 0 Å². The zero-order valence-electron chi connectivity index (χ0n) is 24.3. The number of rotatable bonds is 5. The van der Waals surface area contributed by atoms with Gasteiger partial charge < -0.3 is 15.0 Å². The van der Waals surface area contributed by atoms with E-state index in [1.54, 1.807) is 4.57 Å². The molecule has 0 saturated carbocycles. The molecule has 1 atom stereocenters. The second-order valence-corrected chi connectivity index (χ2v) is 11.9. The average Bonchev–Trinajstić information content (AvgIpc) is 3.50. The van der Waals surface area contributed by atoms with Crippen LogP contribution in [0, 0.1) is 0 Å². The lowest BCUT2D eigenvalue weighted by Crippen LogP contribution is -2.32. The van der Waals surface area contributed by atoms with Gasteiger partial charge in [-0.3, -0.25) is 14.2 Å². The maximum atomic E-state index is 13.5. The van der Waals surface area contributed by atoms with Crippen molar-refractivity contribution in [3.8, 4) is 0 Å². The number of thioether (sulfide) groups is 1. The molecule has 9 heteroatoms. The Morgan fingerprint density at radius 2 is 1.61 bits per heavy atom. The molecule has 1 aromatic heterocycles. The lowest BCUT2D eigenvalue weighted by atomic mass is 10.1. The van der Waals surface area contributed by atoms with E-state index in [4.69, 9.17) is 9.72 Å². The van der Waals surface area contributed by atoms with E-state index in [-0.39, 0.29) is 23.2 Å². The van der Waals surface area contributed by atoms with E-state index in [0.29, 0.717) is 22.6 Å². The van der Waals surface area contributed by atoms with Crippen LogP contribution < -0.4 is 10.9 Å². The van der Waals surface area contributed by atoms with Crippen molar-refractivity contribution in [3.63, 3.8) is 0 Å². The highest BCUT2D eigenvalue weighted by Gasteiger charge is 2.30. The zero-order valence-corrected chi connectivity index (χ0v) is 25.2. The van der Waals surface area contributed by atoms with E-state index in [1.165, 1.54) is 18.8 Å². The van der Waals surface area contributed by atoms with Gasteiger partial charge in [-0.1, -0.05) is 66.4 Å². The molecular formula is C32H38N4O4S. The van der Waals surface area contributed by atoms with E-state index in [9.17, 15) is 14.4 Å². The number of fused-ring (bicyclic) bond motifs is 2. The fourth-order valence-electron chi connectivity index (χ4n) is 4.68. The summed E-state index contributed by atoms with van der Waals surface area (Å²) in [5.41, 5.74) is 1.15. The Morgan fingerprint density at radius 3 is 2.17 bits per heavy atom. The first-order chi connectivity index (χ1) is 19.6. The van der Waals surface area contributed by atoms with Crippen LogP contribution in [0.3, 0.4) is 0 Å². The minimum Gasteiger partial charge on any atom is -0.444 e. The summed E-state index contributed by atoms with van der Waals surface area (Å²) in [7, 11) is 1.54. The van der Waals surface area contributed by atoms with Gasteiger partial charge in [0, 0.05) is 26.7 Å². The van der Waals surface area contributed by atoms with Gasteiger partial charge in [0.05, 0.1) is 10.9 Å². The van der Waals surface area contributed by atoms with E-state index in [1.807, 2.05) is 99.3 Å². The summed E-state index contributed by atoms with van der Waals surface area (Å²) in [6, 6.07) is 21.7. The lowest BCUT2D eigenvalue weighted by molar-refractivity contribution is -0.129. The molecule has 0 spiro atoms. The number of hydrogen-bond acceptors (Lipinski definition) is 6. The molecule has 2 amide bonds. The number of carbonyl (C=O) groups is 2. The smallest absolute Gasteiger partial charge is 0.407 e. The SMILES string of the molecule is CCn1c(SC(C(=O)N2CCCC2)c2ccccc2)nc2cc3ccccc3cc2c1=O.CNC(=O)OC(C)(C)C. The maximum Gasteiger partial charge on any atom is 0.407 e. The molecule has 0 radical (unpaired) electrons. The van der Waals surface area contributed by atoms with Crippen LogP contribution in [-0.2, 0) is 16.1 Å². The molecule has 1 N–H and O–H groups in total. The number of likely N-dealkylation sites (tertiary alicyclic amines) is 1. The van der Waals surface area contributed by atoms with Gasteiger partial charge in [0.1, 0.15) is 10.9 Å². The Labute approximate surface area is 245 Å². The molecule has 1 aliphatic rings. The highest BCUT2D eigenvalue weighted by atomic mass is 32.2. The van der Waals surface area contributed by atoms with E-state index < -0.39 is 5.25 Å². The Bertz CT molecular complexity index is 1570. The van der Waals surface area contributed by atoms with Gasteiger partial charge in [0.25, 0.3) is 5.56 Å². The van der Waals surface area contributed by atoms with E-state index in [2.05, 4.69) is 5.32 Å². The number of nitrogens with zero attached hydrogens (tertiary/aromatic N) is 3. The first-order valence-electron chi connectivity index (χ1n) is 14.0. The summed E-state index contributed by atoms with van der Waals surface area (Å²) in [4.78, 5) is 44.2. The first-order valence-corrected chi connectivity index (χ1v) is 14.8.